The van der Waals surface area contributed by atoms with Gasteiger partial charge in [-0.2, -0.15) is 0 Å². The van der Waals surface area contributed by atoms with Crippen LogP contribution in [0.5, 0.6) is 0 Å². The van der Waals surface area contributed by atoms with Gasteiger partial charge in [0.15, 0.2) is 0 Å². The molecule has 2 aromatic rings. The number of aromatic carboxylic acids is 1. The van der Waals surface area contributed by atoms with Crippen molar-refractivity contribution in [2.75, 3.05) is 31.1 Å². The van der Waals surface area contributed by atoms with Gasteiger partial charge in [-0.05, 0) is 30.2 Å². The molecule has 0 radical (unpaired) electrons. The van der Waals surface area contributed by atoms with Crippen LogP contribution in [0.1, 0.15) is 35.2 Å². The van der Waals surface area contributed by atoms with Crippen LogP contribution in [0.25, 0.3) is 0 Å². The average molecular weight is 396 g/mol. The zero-order chi connectivity index (χ0) is 20.3. The number of amides is 1. The minimum atomic E-state index is -1.03. The summed E-state index contributed by atoms with van der Waals surface area (Å²) in [6, 6.07) is 9.69. The van der Waals surface area contributed by atoms with E-state index in [4.69, 9.17) is 9.84 Å². The number of aromatic nitrogens is 2. The minimum absolute atomic E-state index is 0.0858. The van der Waals surface area contributed by atoms with E-state index in [1.54, 1.807) is 0 Å². The molecule has 1 amide bonds. The number of likely N-dealkylation sites (tertiary alicyclic amines) is 1. The fourth-order valence-electron chi connectivity index (χ4n) is 4.09. The van der Waals surface area contributed by atoms with Crippen molar-refractivity contribution in [3.05, 3.63) is 53.9 Å². The Bertz CT molecular complexity index is 864. The Hall–Kier alpha value is -3.16. The summed E-state index contributed by atoms with van der Waals surface area (Å²) >= 11 is 0. The molecule has 8 heteroatoms. The lowest BCUT2D eigenvalue weighted by molar-refractivity contribution is 0.0695. The SMILES string of the molecule is O=C(O)c1cnc(N2CCC3(CCN(C(=O)OCc4ccccc4)C3)CC2)nc1. The van der Waals surface area contributed by atoms with E-state index in [9.17, 15) is 9.59 Å². The number of hydrogen-bond donors (Lipinski definition) is 1. The van der Waals surface area contributed by atoms with E-state index in [1.807, 2.05) is 35.2 Å². The number of ether oxygens (including phenoxy) is 1. The second-order valence-corrected chi connectivity index (χ2v) is 7.78. The lowest BCUT2D eigenvalue weighted by Gasteiger charge is -2.39. The second kappa shape index (κ2) is 8.06. The molecule has 8 nitrogen and oxygen atoms in total. The van der Waals surface area contributed by atoms with Gasteiger partial charge in [0.2, 0.25) is 5.95 Å². The Kier molecular flexibility index (Phi) is 5.33. The lowest BCUT2D eigenvalue weighted by atomic mass is 9.78. The number of anilines is 1. The standard InChI is InChI=1S/C21H24N4O4/c26-18(27)17-12-22-19(23-13-17)24-9-6-21(7-10-24)8-11-25(15-21)20(28)29-14-16-4-2-1-3-5-16/h1-5,12-13H,6-11,14-15H2,(H,26,27). The molecule has 1 N–H and O–H groups in total. The summed E-state index contributed by atoms with van der Waals surface area (Å²) in [4.78, 5) is 35.6. The number of nitrogens with zero attached hydrogens (tertiary/aromatic N) is 4. The molecular formula is C21H24N4O4. The van der Waals surface area contributed by atoms with E-state index in [0.717, 1.165) is 44.5 Å². The zero-order valence-corrected chi connectivity index (χ0v) is 16.2. The minimum Gasteiger partial charge on any atom is -0.478 e. The van der Waals surface area contributed by atoms with Crippen LogP contribution in [0.3, 0.4) is 0 Å². The van der Waals surface area contributed by atoms with E-state index in [2.05, 4.69) is 14.9 Å². The van der Waals surface area contributed by atoms with Crippen molar-refractivity contribution in [3.8, 4) is 0 Å². The molecule has 1 aromatic heterocycles. The number of carbonyl (C=O) groups is 2. The molecule has 1 aromatic carbocycles. The summed E-state index contributed by atoms with van der Waals surface area (Å²) < 4.78 is 5.48. The van der Waals surface area contributed by atoms with Crippen LogP contribution < -0.4 is 4.90 Å². The third kappa shape index (κ3) is 4.31. The predicted octanol–water partition coefficient (Wildman–Crippen LogP) is 2.80. The summed E-state index contributed by atoms with van der Waals surface area (Å²) in [5.74, 6) is -0.471. The number of piperidine rings is 1. The van der Waals surface area contributed by atoms with Crippen LogP contribution in [-0.4, -0.2) is 58.2 Å². The molecule has 152 valence electrons. The lowest BCUT2D eigenvalue weighted by Crippen LogP contribution is -2.43. The molecule has 1 spiro atoms. The molecule has 4 rings (SSSR count). The first-order valence-corrected chi connectivity index (χ1v) is 9.81. The van der Waals surface area contributed by atoms with Gasteiger partial charge >= 0.3 is 12.1 Å². The van der Waals surface area contributed by atoms with Crippen LogP contribution in [0, 0.1) is 5.41 Å². The third-order valence-corrected chi connectivity index (χ3v) is 5.89. The van der Waals surface area contributed by atoms with Crippen molar-refractivity contribution < 1.29 is 19.4 Å². The van der Waals surface area contributed by atoms with Crippen molar-refractivity contribution in [2.45, 2.75) is 25.9 Å². The fourth-order valence-corrected chi connectivity index (χ4v) is 4.09. The van der Waals surface area contributed by atoms with Crippen molar-refractivity contribution in [3.63, 3.8) is 0 Å². The molecule has 3 heterocycles. The smallest absolute Gasteiger partial charge is 0.410 e. The number of carboxylic acids is 1. The normalized spacial score (nSPS) is 18.1. The highest BCUT2D eigenvalue weighted by molar-refractivity contribution is 5.86. The maximum absolute atomic E-state index is 12.4. The summed E-state index contributed by atoms with van der Waals surface area (Å²) in [6.07, 6.45) is 5.30. The van der Waals surface area contributed by atoms with E-state index < -0.39 is 5.97 Å². The van der Waals surface area contributed by atoms with Crippen LogP contribution in [0.2, 0.25) is 0 Å². The Labute approximate surface area is 169 Å². The number of hydrogen-bond acceptors (Lipinski definition) is 6. The van der Waals surface area contributed by atoms with Gasteiger partial charge in [-0.25, -0.2) is 19.6 Å². The third-order valence-electron chi connectivity index (χ3n) is 5.89. The Morgan fingerprint density at radius 1 is 1.03 bits per heavy atom. The van der Waals surface area contributed by atoms with Gasteiger partial charge in [0.1, 0.15) is 6.61 Å². The van der Waals surface area contributed by atoms with Gasteiger partial charge in [0.25, 0.3) is 0 Å². The van der Waals surface area contributed by atoms with Crippen LogP contribution >= 0.6 is 0 Å². The Morgan fingerprint density at radius 2 is 1.69 bits per heavy atom. The Morgan fingerprint density at radius 3 is 2.34 bits per heavy atom. The van der Waals surface area contributed by atoms with Gasteiger partial charge in [-0.3, -0.25) is 0 Å². The van der Waals surface area contributed by atoms with E-state index in [-0.39, 0.29) is 17.1 Å². The highest BCUT2D eigenvalue weighted by atomic mass is 16.6. The number of carbonyl (C=O) groups excluding carboxylic acids is 1. The molecule has 2 aliphatic rings. The van der Waals surface area contributed by atoms with Gasteiger partial charge in [0, 0.05) is 38.6 Å². The van der Waals surface area contributed by atoms with Gasteiger partial charge in [-0.15, -0.1) is 0 Å². The molecular weight excluding hydrogens is 372 g/mol. The first-order chi connectivity index (χ1) is 14.0. The molecule has 2 fully saturated rings. The van der Waals surface area contributed by atoms with Gasteiger partial charge < -0.3 is 19.6 Å². The molecule has 0 aliphatic carbocycles. The molecule has 0 unspecified atom stereocenters. The van der Waals surface area contributed by atoms with E-state index in [0.29, 0.717) is 19.1 Å². The average Bonchev–Trinajstić information content (AvgIpc) is 3.17. The summed E-state index contributed by atoms with van der Waals surface area (Å²) in [5.41, 5.74) is 1.18. The molecule has 2 saturated heterocycles. The van der Waals surface area contributed by atoms with Crippen molar-refractivity contribution >= 4 is 18.0 Å². The highest BCUT2D eigenvalue weighted by Crippen LogP contribution is 2.41. The van der Waals surface area contributed by atoms with Crippen molar-refractivity contribution in [2.24, 2.45) is 5.41 Å². The zero-order valence-electron chi connectivity index (χ0n) is 16.2. The maximum Gasteiger partial charge on any atom is 0.410 e. The summed E-state index contributed by atoms with van der Waals surface area (Å²) in [5, 5.41) is 8.96. The van der Waals surface area contributed by atoms with Gasteiger partial charge in [0.05, 0.1) is 5.56 Å². The largest absolute Gasteiger partial charge is 0.478 e. The highest BCUT2D eigenvalue weighted by Gasteiger charge is 2.42. The van der Waals surface area contributed by atoms with Crippen molar-refractivity contribution in [1.29, 1.82) is 0 Å². The molecule has 0 atom stereocenters. The maximum atomic E-state index is 12.4. The molecule has 0 saturated carbocycles. The van der Waals surface area contributed by atoms with Gasteiger partial charge in [-0.1, -0.05) is 30.3 Å². The molecule has 2 aliphatic heterocycles. The monoisotopic (exact) mass is 396 g/mol. The van der Waals surface area contributed by atoms with E-state index in [1.165, 1.54) is 12.4 Å². The van der Waals surface area contributed by atoms with E-state index >= 15 is 0 Å². The molecule has 0 bridgehead atoms. The summed E-state index contributed by atoms with van der Waals surface area (Å²) in [7, 11) is 0. The molecule has 29 heavy (non-hydrogen) atoms. The number of rotatable bonds is 4. The Balaban J connectivity index is 1.29. The number of carboxylic acid groups (broad SMARTS) is 1. The number of benzene rings is 1. The second-order valence-electron chi connectivity index (χ2n) is 7.78. The quantitative estimate of drug-likeness (QED) is 0.849. The summed E-state index contributed by atoms with van der Waals surface area (Å²) in [6.45, 7) is 3.31. The predicted molar refractivity (Wildman–Crippen MR) is 106 cm³/mol. The van der Waals surface area contributed by atoms with Crippen molar-refractivity contribution in [1.82, 2.24) is 14.9 Å². The van der Waals surface area contributed by atoms with Crippen LogP contribution in [0.15, 0.2) is 42.7 Å². The fraction of sp³-hybridized carbons (Fsp3) is 0.429. The topological polar surface area (TPSA) is 95.9 Å². The first kappa shape index (κ1) is 19.2. The van der Waals surface area contributed by atoms with Crippen LogP contribution in [0.4, 0.5) is 10.7 Å². The van der Waals surface area contributed by atoms with Crippen LogP contribution in [-0.2, 0) is 11.3 Å². The first-order valence-electron chi connectivity index (χ1n) is 9.81.